The second-order valence-electron chi connectivity index (χ2n) is 4.67. The minimum absolute atomic E-state index is 0.0911. The number of rotatable bonds is 4. The van der Waals surface area contributed by atoms with Crippen molar-refractivity contribution in [3.05, 3.63) is 51.5 Å². The van der Waals surface area contributed by atoms with E-state index in [2.05, 4.69) is 40.9 Å². The van der Waals surface area contributed by atoms with Crippen molar-refractivity contribution in [2.24, 2.45) is 0 Å². The summed E-state index contributed by atoms with van der Waals surface area (Å²) < 4.78 is 0. The fourth-order valence-corrected chi connectivity index (χ4v) is 2.91. The van der Waals surface area contributed by atoms with Crippen molar-refractivity contribution in [3.63, 3.8) is 0 Å². The topological polar surface area (TPSA) is 36.4 Å². The molecule has 0 saturated carbocycles. The molecule has 0 aliphatic rings. The molecule has 0 spiro atoms. The van der Waals surface area contributed by atoms with Crippen LogP contribution in [0.5, 0.6) is 0 Å². The molecule has 2 aromatic rings. The molecule has 2 rings (SSSR count). The number of hydrogen-bond acceptors (Lipinski definition) is 4. The van der Waals surface area contributed by atoms with Crippen molar-refractivity contribution < 1.29 is 5.11 Å². The Morgan fingerprint density at radius 2 is 2.10 bits per heavy atom. The molecule has 0 aliphatic heterocycles. The molecule has 2 aromatic heterocycles. The van der Waals surface area contributed by atoms with Gasteiger partial charge in [-0.2, -0.15) is 0 Å². The molecule has 2 heterocycles. The van der Waals surface area contributed by atoms with Gasteiger partial charge in [0.2, 0.25) is 0 Å². The van der Waals surface area contributed by atoms with Gasteiger partial charge in [0.05, 0.1) is 10.6 Å². The van der Waals surface area contributed by atoms with Gasteiger partial charge in [0.25, 0.3) is 0 Å². The van der Waals surface area contributed by atoms with Crippen LogP contribution in [0.15, 0.2) is 30.3 Å². The van der Waals surface area contributed by atoms with Gasteiger partial charge in [0.1, 0.15) is 6.61 Å². The first-order valence-electron chi connectivity index (χ1n) is 6.47. The number of thiophene rings is 1. The smallest absolute Gasteiger partial charge is 0.104 e. The minimum Gasteiger partial charge on any atom is -0.384 e. The zero-order valence-electron chi connectivity index (χ0n) is 11.8. The van der Waals surface area contributed by atoms with Crippen molar-refractivity contribution in [3.8, 4) is 11.8 Å². The van der Waals surface area contributed by atoms with Gasteiger partial charge >= 0.3 is 0 Å². The van der Waals surface area contributed by atoms with Crippen LogP contribution in [0.2, 0.25) is 0 Å². The normalized spacial score (nSPS) is 10.4. The standard InChI is InChI=1S/C16H18N2OS/c1-13-5-3-6-14(17-13)11-18(2)12-16-9-8-15(20-16)7-4-10-19/h3,5-6,8-9,19H,10-12H2,1-2H3. The zero-order chi connectivity index (χ0) is 14.4. The van der Waals surface area contributed by atoms with Crippen molar-refractivity contribution in [2.45, 2.75) is 20.0 Å². The Morgan fingerprint density at radius 1 is 1.25 bits per heavy atom. The number of aliphatic hydroxyl groups excluding tert-OH is 1. The summed E-state index contributed by atoms with van der Waals surface area (Å²) in [6.07, 6.45) is 0. The van der Waals surface area contributed by atoms with E-state index in [4.69, 9.17) is 5.11 Å². The van der Waals surface area contributed by atoms with Crippen LogP contribution in [0.25, 0.3) is 0 Å². The van der Waals surface area contributed by atoms with E-state index in [0.29, 0.717) is 0 Å². The Kier molecular flexibility index (Phi) is 5.31. The molecular weight excluding hydrogens is 268 g/mol. The number of pyridine rings is 1. The first-order chi connectivity index (χ1) is 9.67. The third-order valence-corrected chi connectivity index (χ3v) is 3.74. The van der Waals surface area contributed by atoms with E-state index in [1.807, 2.05) is 25.1 Å². The summed E-state index contributed by atoms with van der Waals surface area (Å²) in [6.45, 7) is 3.62. The molecule has 0 fully saturated rings. The molecule has 0 bridgehead atoms. The van der Waals surface area contributed by atoms with E-state index in [0.717, 1.165) is 29.4 Å². The Morgan fingerprint density at radius 3 is 2.85 bits per heavy atom. The molecule has 3 nitrogen and oxygen atoms in total. The Labute approximate surface area is 123 Å². The average molecular weight is 286 g/mol. The molecule has 104 valence electrons. The molecule has 4 heteroatoms. The highest BCUT2D eigenvalue weighted by atomic mass is 32.1. The number of nitrogens with zero attached hydrogens (tertiary/aromatic N) is 2. The lowest BCUT2D eigenvalue weighted by molar-refractivity contribution is 0.318. The molecule has 0 aromatic carbocycles. The lowest BCUT2D eigenvalue weighted by atomic mass is 10.3. The van der Waals surface area contributed by atoms with Gasteiger partial charge in [0, 0.05) is 23.7 Å². The maximum absolute atomic E-state index is 8.68. The van der Waals surface area contributed by atoms with E-state index >= 15 is 0 Å². The fraction of sp³-hybridized carbons (Fsp3) is 0.312. The molecule has 0 atom stereocenters. The number of hydrogen-bond donors (Lipinski definition) is 1. The molecule has 1 N–H and O–H groups in total. The number of aliphatic hydroxyl groups is 1. The Hall–Kier alpha value is -1.67. The molecule has 0 aliphatic carbocycles. The SMILES string of the molecule is Cc1cccc(CN(C)Cc2ccc(C#CCO)s2)n1. The van der Waals surface area contributed by atoms with Crippen LogP contribution in [0, 0.1) is 18.8 Å². The first-order valence-corrected chi connectivity index (χ1v) is 7.28. The second-order valence-corrected chi connectivity index (χ2v) is 5.84. The maximum Gasteiger partial charge on any atom is 0.104 e. The molecule has 0 amide bonds. The largest absolute Gasteiger partial charge is 0.384 e. The highest BCUT2D eigenvalue weighted by Gasteiger charge is 2.05. The quantitative estimate of drug-likeness (QED) is 0.877. The summed E-state index contributed by atoms with van der Waals surface area (Å²) in [4.78, 5) is 9.01. The second kappa shape index (κ2) is 7.20. The predicted octanol–water partition coefficient (Wildman–Crippen LogP) is 2.43. The van der Waals surface area contributed by atoms with E-state index in [1.165, 1.54) is 4.88 Å². The van der Waals surface area contributed by atoms with Gasteiger partial charge < -0.3 is 5.11 Å². The summed E-state index contributed by atoms with van der Waals surface area (Å²) in [5.74, 6) is 5.60. The third-order valence-electron chi connectivity index (χ3n) is 2.76. The van der Waals surface area contributed by atoms with E-state index in [9.17, 15) is 0 Å². The lowest BCUT2D eigenvalue weighted by Gasteiger charge is -2.15. The fourth-order valence-electron chi connectivity index (χ4n) is 1.94. The van der Waals surface area contributed by atoms with Crippen LogP contribution in [-0.4, -0.2) is 28.6 Å². The van der Waals surface area contributed by atoms with Gasteiger partial charge in [-0.05, 0) is 38.2 Å². The summed E-state index contributed by atoms with van der Waals surface area (Å²) in [7, 11) is 2.09. The predicted molar refractivity (Wildman–Crippen MR) is 82.4 cm³/mol. The molecule has 0 saturated heterocycles. The van der Waals surface area contributed by atoms with Gasteiger partial charge in [-0.15, -0.1) is 11.3 Å². The summed E-state index contributed by atoms with van der Waals surface area (Å²) in [5, 5.41) is 8.68. The van der Waals surface area contributed by atoms with Gasteiger partial charge in [-0.1, -0.05) is 17.9 Å². The van der Waals surface area contributed by atoms with E-state index < -0.39 is 0 Å². The molecule has 20 heavy (non-hydrogen) atoms. The van der Waals surface area contributed by atoms with Crippen LogP contribution < -0.4 is 0 Å². The number of aryl methyl sites for hydroxylation is 1. The average Bonchev–Trinajstić information content (AvgIpc) is 2.83. The van der Waals surface area contributed by atoms with E-state index in [-0.39, 0.29) is 6.61 Å². The van der Waals surface area contributed by atoms with Crippen molar-refractivity contribution in [1.82, 2.24) is 9.88 Å². The van der Waals surface area contributed by atoms with Gasteiger partial charge in [0.15, 0.2) is 0 Å². The summed E-state index contributed by atoms with van der Waals surface area (Å²) in [6, 6.07) is 10.2. The zero-order valence-corrected chi connectivity index (χ0v) is 12.6. The van der Waals surface area contributed by atoms with Gasteiger partial charge in [-0.3, -0.25) is 9.88 Å². The van der Waals surface area contributed by atoms with Crippen molar-refractivity contribution >= 4 is 11.3 Å². The summed E-state index contributed by atoms with van der Waals surface area (Å²) >= 11 is 1.67. The van der Waals surface area contributed by atoms with Crippen LogP contribution in [0.1, 0.15) is 21.1 Å². The summed E-state index contributed by atoms with van der Waals surface area (Å²) in [5.41, 5.74) is 2.14. The third kappa shape index (κ3) is 4.46. The lowest BCUT2D eigenvalue weighted by Crippen LogP contribution is -2.17. The monoisotopic (exact) mass is 286 g/mol. The van der Waals surface area contributed by atoms with Gasteiger partial charge in [-0.25, -0.2) is 0 Å². The molecule has 0 radical (unpaired) electrons. The van der Waals surface area contributed by atoms with Crippen LogP contribution >= 0.6 is 11.3 Å². The van der Waals surface area contributed by atoms with E-state index in [1.54, 1.807) is 11.3 Å². The highest BCUT2D eigenvalue weighted by Crippen LogP contribution is 2.17. The molecule has 0 unspecified atom stereocenters. The van der Waals surface area contributed by atoms with Crippen molar-refractivity contribution in [1.29, 1.82) is 0 Å². The highest BCUT2D eigenvalue weighted by molar-refractivity contribution is 7.12. The van der Waals surface area contributed by atoms with Crippen molar-refractivity contribution in [2.75, 3.05) is 13.7 Å². The van der Waals surface area contributed by atoms with Crippen LogP contribution in [-0.2, 0) is 13.1 Å². The Bertz CT molecular complexity index is 625. The maximum atomic E-state index is 8.68. The first kappa shape index (κ1) is 14.7. The van der Waals surface area contributed by atoms with Crippen LogP contribution in [0.4, 0.5) is 0 Å². The Balaban J connectivity index is 1.94. The molecular formula is C16H18N2OS. The minimum atomic E-state index is -0.0911. The van der Waals surface area contributed by atoms with Crippen LogP contribution in [0.3, 0.4) is 0 Å². The number of aromatic nitrogens is 1.